The molecular formula is C26H36N4O. The maximum Gasteiger partial charge on any atom is 0.230 e. The van der Waals surface area contributed by atoms with E-state index in [1.165, 1.54) is 0 Å². The Kier molecular flexibility index (Phi) is 6.28. The lowest BCUT2D eigenvalue weighted by molar-refractivity contribution is 0.387. The lowest BCUT2D eigenvalue weighted by Gasteiger charge is -2.27. The van der Waals surface area contributed by atoms with Crippen LogP contribution < -0.4 is 0 Å². The molecule has 2 aromatic carbocycles. The zero-order valence-corrected chi connectivity index (χ0v) is 20.2. The lowest BCUT2D eigenvalue weighted by Crippen LogP contribution is -2.18. The number of para-hydroxylation sites is 2. The Morgan fingerprint density at radius 1 is 1.00 bits per heavy atom. The number of aromatic nitrogens is 2. The number of benzene rings is 2. The van der Waals surface area contributed by atoms with Gasteiger partial charge in [0.2, 0.25) is 5.95 Å². The second kappa shape index (κ2) is 8.46. The summed E-state index contributed by atoms with van der Waals surface area (Å²) in [4.78, 5) is 11.7. The van der Waals surface area contributed by atoms with Crippen LogP contribution in [-0.2, 0) is 17.4 Å². The third-order valence-electron chi connectivity index (χ3n) is 5.48. The van der Waals surface area contributed by atoms with E-state index in [1.807, 2.05) is 36.5 Å². The number of phenols is 1. The molecule has 0 saturated heterocycles. The van der Waals surface area contributed by atoms with Crippen molar-refractivity contribution in [2.24, 2.45) is 4.99 Å². The number of aromatic hydroxyl groups is 1. The summed E-state index contributed by atoms with van der Waals surface area (Å²) in [5.74, 6) is 1.08. The number of likely N-dealkylation sites (N-methyl/N-ethyl adjacent to an activating group) is 1. The molecule has 0 aliphatic carbocycles. The minimum absolute atomic E-state index is 0.174. The molecule has 5 nitrogen and oxygen atoms in total. The molecule has 1 N–H and O–H groups in total. The number of hydrogen-bond acceptors (Lipinski definition) is 4. The van der Waals surface area contributed by atoms with E-state index in [9.17, 15) is 5.11 Å². The Bertz CT molecular complexity index is 1060. The Balaban J connectivity index is 2.09. The quantitative estimate of drug-likeness (QED) is 0.543. The summed E-state index contributed by atoms with van der Waals surface area (Å²) in [6.45, 7) is 14.4. The van der Waals surface area contributed by atoms with E-state index in [0.29, 0.717) is 11.7 Å². The van der Waals surface area contributed by atoms with Gasteiger partial charge in [-0.3, -0.25) is 0 Å². The molecule has 1 aromatic heterocycles. The molecular weight excluding hydrogens is 384 g/mol. The highest BCUT2D eigenvalue weighted by Crippen LogP contribution is 2.39. The van der Waals surface area contributed by atoms with Crippen LogP contribution in [0, 0.1) is 0 Å². The summed E-state index contributed by atoms with van der Waals surface area (Å²) in [6.07, 6.45) is 1.87. The van der Waals surface area contributed by atoms with Crippen molar-refractivity contribution in [3.63, 3.8) is 0 Å². The number of fused-ring (bicyclic) bond motifs is 1. The number of phenolic OH excluding ortho intramolecular Hbond substituents is 1. The fourth-order valence-electron chi connectivity index (χ4n) is 3.69. The van der Waals surface area contributed by atoms with E-state index in [0.717, 1.165) is 40.8 Å². The minimum Gasteiger partial charge on any atom is -0.507 e. The first-order chi connectivity index (χ1) is 14.4. The zero-order valence-electron chi connectivity index (χ0n) is 20.2. The molecule has 3 rings (SSSR count). The molecule has 0 aliphatic rings. The Hall–Kier alpha value is -2.66. The van der Waals surface area contributed by atoms with Crippen LogP contribution in [0.2, 0.25) is 0 Å². The third kappa shape index (κ3) is 5.16. The van der Waals surface area contributed by atoms with Crippen molar-refractivity contribution in [1.29, 1.82) is 0 Å². The molecule has 0 spiro atoms. The molecule has 0 bridgehead atoms. The van der Waals surface area contributed by atoms with Crippen molar-refractivity contribution < 1.29 is 5.11 Å². The van der Waals surface area contributed by atoms with E-state index in [4.69, 9.17) is 9.98 Å². The highest BCUT2D eigenvalue weighted by molar-refractivity contribution is 5.85. The first kappa shape index (κ1) is 23.0. The van der Waals surface area contributed by atoms with Crippen molar-refractivity contribution in [2.75, 3.05) is 20.6 Å². The first-order valence-corrected chi connectivity index (χ1v) is 10.9. The van der Waals surface area contributed by atoms with Gasteiger partial charge in [-0.05, 0) is 54.8 Å². The van der Waals surface area contributed by atoms with Gasteiger partial charge in [-0.2, -0.15) is 0 Å². The summed E-state index contributed by atoms with van der Waals surface area (Å²) >= 11 is 0. The van der Waals surface area contributed by atoms with Gasteiger partial charge < -0.3 is 14.6 Å². The highest BCUT2D eigenvalue weighted by atomic mass is 16.3. The van der Waals surface area contributed by atoms with E-state index in [2.05, 4.69) is 71.2 Å². The molecule has 0 atom stereocenters. The Morgan fingerprint density at radius 3 is 2.13 bits per heavy atom. The summed E-state index contributed by atoms with van der Waals surface area (Å²) in [5, 5.41) is 11.0. The Morgan fingerprint density at radius 2 is 1.58 bits per heavy atom. The van der Waals surface area contributed by atoms with Crippen LogP contribution in [0.25, 0.3) is 11.0 Å². The smallest absolute Gasteiger partial charge is 0.230 e. The predicted octanol–water partition coefficient (Wildman–Crippen LogP) is 5.65. The molecule has 0 unspecified atom stereocenters. The average Bonchev–Trinajstić information content (AvgIpc) is 3.01. The third-order valence-corrected chi connectivity index (χ3v) is 5.48. The predicted molar refractivity (Wildman–Crippen MR) is 131 cm³/mol. The summed E-state index contributed by atoms with van der Waals surface area (Å²) < 4.78 is 2.17. The van der Waals surface area contributed by atoms with E-state index in [1.54, 1.807) is 0 Å². The fraction of sp³-hybridized carbons (Fsp3) is 0.462. The average molecular weight is 421 g/mol. The molecule has 5 heteroatoms. The summed E-state index contributed by atoms with van der Waals surface area (Å²) in [6, 6.07) is 12.2. The monoisotopic (exact) mass is 420 g/mol. The SMILES string of the molecule is CN(C)CCn1c(N=Cc2cc(C(C)(C)C)c(O)c(C(C)(C)C)c2)nc2ccccc21. The van der Waals surface area contributed by atoms with Gasteiger partial charge in [0, 0.05) is 30.4 Å². The van der Waals surface area contributed by atoms with E-state index >= 15 is 0 Å². The first-order valence-electron chi connectivity index (χ1n) is 10.9. The molecule has 3 aromatic rings. The number of aliphatic imine (C=N–C) groups is 1. The lowest BCUT2D eigenvalue weighted by atomic mass is 9.78. The molecule has 166 valence electrons. The van der Waals surface area contributed by atoms with Crippen LogP contribution in [0.4, 0.5) is 5.95 Å². The van der Waals surface area contributed by atoms with Gasteiger partial charge in [-0.1, -0.05) is 53.7 Å². The number of imidazole rings is 1. The van der Waals surface area contributed by atoms with Crippen LogP contribution in [0.5, 0.6) is 5.75 Å². The van der Waals surface area contributed by atoms with Gasteiger partial charge in [-0.15, -0.1) is 0 Å². The van der Waals surface area contributed by atoms with Gasteiger partial charge in [0.15, 0.2) is 0 Å². The maximum absolute atomic E-state index is 11.0. The normalized spacial score (nSPS) is 13.1. The molecule has 0 radical (unpaired) electrons. The van der Waals surface area contributed by atoms with Gasteiger partial charge in [0.25, 0.3) is 0 Å². The number of nitrogens with zero attached hydrogens (tertiary/aromatic N) is 4. The van der Waals surface area contributed by atoms with Crippen LogP contribution in [0.15, 0.2) is 41.4 Å². The topological polar surface area (TPSA) is 53.7 Å². The molecule has 0 amide bonds. The molecule has 1 heterocycles. The van der Waals surface area contributed by atoms with Gasteiger partial charge in [0.05, 0.1) is 11.0 Å². The van der Waals surface area contributed by atoms with Crippen molar-refractivity contribution >= 4 is 23.2 Å². The molecule has 0 saturated carbocycles. The van der Waals surface area contributed by atoms with Crippen molar-refractivity contribution in [1.82, 2.24) is 14.5 Å². The standard InChI is InChI=1S/C26H36N4O/c1-25(2,3)19-15-18(16-20(23(19)31)26(4,5)6)17-27-24-28-21-11-9-10-12-22(21)30(24)14-13-29(7)8/h9-12,15-17,31H,13-14H2,1-8H3. The largest absolute Gasteiger partial charge is 0.507 e. The number of rotatable bonds is 5. The second-order valence-electron chi connectivity index (χ2n) is 10.6. The summed E-state index contributed by atoms with van der Waals surface area (Å²) in [5.41, 5.74) is 4.53. The van der Waals surface area contributed by atoms with Gasteiger partial charge in [-0.25, -0.2) is 9.98 Å². The van der Waals surface area contributed by atoms with Crippen LogP contribution >= 0.6 is 0 Å². The van der Waals surface area contributed by atoms with Crippen molar-refractivity contribution in [3.8, 4) is 5.75 Å². The van der Waals surface area contributed by atoms with Crippen LogP contribution in [-0.4, -0.2) is 46.4 Å². The number of hydrogen-bond donors (Lipinski definition) is 1. The molecule has 31 heavy (non-hydrogen) atoms. The van der Waals surface area contributed by atoms with E-state index < -0.39 is 0 Å². The fourth-order valence-corrected chi connectivity index (χ4v) is 3.69. The van der Waals surface area contributed by atoms with Crippen LogP contribution in [0.1, 0.15) is 58.2 Å². The highest BCUT2D eigenvalue weighted by Gasteiger charge is 2.26. The summed E-state index contributed by atoms with van der Waals surface area (Å²) in [7, 11) is 4.14. The molecule has 0 aliphatic heterocycles. The maximum atomic E-state index is 11.0. The van der Waals surface area contributed by atoms with E-state index in [-0.39, 0.29) is 10.8 Å². The second-order valence-corrected chi connectivity index (χ2v) is 10.6. The van der Waals surface area contributed by atoms with Gasteiger partial charge >= 0.3 is 0 Å². The van der Waals surface area contributed by atoms with Crippen molar-refractivity contribution in [3.05, 3.63) is 53.1 Å². The van der Waals surface area contributed by atoms with Gasteiger partial charge in [0.1, 0.15) is 5.75 Å². The zero-order chi connectivity index (χ0) is 23.0. The minimum atomic E-state index is -0.174. The molecule has 0 fully saturated rings. The van der Waals surface area contributed by atoms with Crippen LogP contribution in [0.3, 0.4) is 0 Å². The van der Waals surface area contributed by atoms with Crippen molar-refractivity contribution in [2.45, 2.75) is 58.9 Å². The Labute approximate surface area is 186 Å².